The summed E-state index contributed by atoms with van der Waals surface area (Å²) in [5.74, 6) is -0.208. The van der Waals surface area contributed by atoms with Crippen molar-refractivity contribution in [2.45, 2.75) is 174 Å². The molecule has 1 atom stereocenters. The lowest BCUT2D eigenvalue weighted by Gasteiger charge is -2.16. The summed E-state index contributed by atoms with van der Waals surface area (Å²) < 4.78 is 11.0. The molecule has 0 aromatic heterocycles. The fourth-order valence-electron chi connectivity index (χ4n) is 4.71. The number of rotatable bonds is 31. The first-order valence-electron chi connectivity index (χ1n) is 16.9. The van der Waals surface area contributed by atoms with E-state index >= 15 is 0 Å². The maximum absolute atomic E-state index is 12.0. The largest absolute Gasteiger partial charge is 0.457 e. The monoisotopic (exact) mass is 550 g/mol. The van der Waals surface area contributed by atoms with Gasteiger partial charge >= 0.3 is 5.97 Å². The fraction of sp³-hybridized carbons (Fsp3) is 0.857. The van der Waals surface area contributed by atoms with Gasteiger partial charge in [-0.3, -0.25) is 4.79 Å². The van der Waals surface area contributed by atoms with Gasteiger partial charge in [0.2, 0.25) is 0 Å². The molecule has 0 rings (SSSR count). The Kier molecular flexibility index (Phi) is 32.1. The van der Waals surface area contributed by atoms with Crippen molar-refractivity contribution in [1.29, 1.82) is 0 Å². The number of allylic oxidation sites excluding steroid dienone is 4. The van der Waals surface area contributed by atoms with E-state index in [-0.39, 0.29) is 12.6 Å². The number of ether oxygens (including phenoxy) is 2. The summed E-state index contributed by atoms with van der Waals surface area (Å²) in [6, 6.07) is 0. The third-order valence-electron chi connectivity index (χ3n) is 7.28. The Bertz CT molecular complexity index is 543. The second kappa shape index (κ2) is 33.1. The van der Waals surface area contributed by atoms with Crippen LogP contribution in [0.5, 0.6) is 0 Å². The molecule has 0 fully saturated rings. The topological polar surface area (TPSA) is 55.8 Å². The number of aliphatic hydroxyl groups is 1. The van der Waals surface area contributed by atoms with Crippen LogP contribution in [-0.4, -0.2) is 37.0 Å². The molecule has 0 aliphatic heterocycles. The number of hydrogen-bond acceptors (Lipinski definition) is 4. The van der Waals surface area contributed by atoms with E-state index in [0.717, 1.165) is 25.7 Å². The van der Waals surface area contributed by atoms with Crippen molar-refractivity contribution < 1.29 is 19.4 Å². The molecule has 0 aromatic carbocycles. The zero-order chi connectivity index (χ0) is 28.5. The highest BCUT2D eigenvalue weighted by Crippen LogP contribution is 2.12. The second-order valence-electron chi connectivity index (χ2n) is 11.2. The molecule has 0 radical (unpaired) electrons. The van der Waals surface area contributed by atoms with Crippen molar-refractivity contribution in [1.82, 2.24) is 0 Å². The summed E-state index contributed by atoms with van der Waals surface area (Å²) in [5.41, 5.74) is 0. The van der Waals surface area contributed by atoms with Gasteiger partial charge in [-0.25, -0.2) is 0 Å². The van der Waals surface area contributed by atoms with Gasteiger partial charge in [0.15, 0.2) is 0 Å². The minimum Gasteiger partial charge on any atom is -0.457 e. The Morgan fingerprint density at radius 2 is 1.08 bits per heavy atom. The SMILES string of the molecule is CCCCCC/C=C\C/C=C\CCCCCCCCCCOCC(CO)OC(=O)CCCCCCCCCC. The van der Waals surface area contributed by atoms with Gasteiger partial charge in [-0.2, -0.15) is 0 Å². The molecule has 230 valence electrons. The summed E-state index contributed by atoms with van der Waals surface area (Å²) in [6.45, 7) is 5.29. The smallest absolute Gasteiger partial charge is 0.306 e. The lowest BCUT2D eigenvalue weighted by Crippen LogP contribution is -2.27. The Labute approximate surface area is 243 Å². The molecular weight excluding hydrogens is 484 g/mol. The number of carbonyl (C=O) groups is 1. The standard InChI is InChI=1S/C35H66O4/c1-3-5-7-9-11-13-14-15-16-17-18-19-20-21-22-23-25-27-29-31-38-33-34(32-36)39-35(37)30-28-26-24-12-10-8-6-4-2/h13-14,16-17,34,36H,3-12,15,18-33H2,1-2H3/b14-13-,17-16-. The predicted octanol–water partition coefficient (Wildman–Crippen LogP) is 10.4. The normalized spacial score (nSPS) is 12.6. The molecule has 39 heavy (non-hydrogen) atoms. The average molecular weight is 551 g/mol. The van der Waals surface area contributed by atoms with Crippen LogP contribution >= 0.6 is 0 Å². The van der Waals surface area contributed by atoms with Crippen molar-refractivity contribution in [2.24, 2.45) is 0 Å². The Morgan fingerprint density at radius 1 is 0.615 bits per heavy atom. The minimum atomic E-state index is -0.529. The summed E-state index contributed by atoms with van der Waals surface area (Å²) >= 11 is 0. The molecule has 0 amide bonds. The highest BCUT2D eigenvalue weighted by atomic mass is 16.6. The first-order chi connectivity index (χ1) is 19.2. The summed E-state index contributed by atoms with van der Waals surface area (Å²) in [4.78, 5) is 12.0. The van der Waals surface area contributed by atoms with Crippen LogP contribution in [0.3, 0.4) is 0 Å². The van der Waals surface area contributed by atoms with E-state index in [1.54, 1.807) is 0 Å². The predicted molar refractivity (Wildman–Crippen MR) is 168 cm³/mol. The van der Waals surface area contributed by atoms with Gasteiger partial charge in [0.25, 0.3) is 0 Å². The number of carbonyl (C=O) groups excluding carboxylic acids is 1. The van der Waals surface area contributed by atoms with Gasteiger partial charge in [-0.15, -0.1) is 0 Å². The molecule has 1 N–H and O–H groups in total. The van der Waals surface area contributed by atoms with Crippen LogP contribution in [0, 0.1) is 0 Å². The van der Waals surface area contributed by atoms with Gasteiger partial charge in [-0.05, 0) is 44.9 Å². The number of aliphatic hydroxyl groups excluding tert-OH is 1. The Balaban J connectivity index is 3.42. The summed E-state index contributed by atoms with van der Waals surface area (Å²) in [6.07, 6.45) is 37.9. The van der Waals surface area contributed by atoms with Crippen molar-refractivity contribution in [3.63, 3.8) is 0 Å². The molecule has 0 aliphatic carbocycles. The Morgan fingerprint density at radius 3 is 1.62 bits per heavy atom. The zero-order valence-corrected chi connectivity index (χ0v) is 26.2. The third kappa shape index (κ3) is 31.3. The van der Waals surface area contributed by atoms with Gasteiger partial charge in [0.05, 0.1) is 13.2 Å². The van der Waals surface area contributed by atoms with Crippen LogP contribution in [-0.2, 0) is 14.3 Å². The van der Waals surface area contributed by atoms with Crippen molar-refractivity contribution in [3.8, 4) is 0 Å². The quantitative estimate of drug-likeness (QED) is 0.0530. The van der Waals surface area contributed by atoms with Crippen LogP contribution in [0.1, 0.15) is 168 Å². The van der Waals surface area contributed by atoms with Crippen molar-refractivity contribution >= 4 is 5.97 Å². The maximum atomic E-state index is 12.0. The first-order valence-corrected chi connectivity index (χ1v) is 16.9. The van der Waals surface area contributed by atoms with Crippen LogP contribution in [0.2, 0.25) is 0 Å². The van der Waals surface area contributed by atoms with Gasteiger partial charge in [0, 0.05) is 13.0 Å². The third-order valence-corrected chi connectivity index (χ3v) is 7.28. The lowest BCUT2D eigenvalue weighted by atomic mass is 10.1. The second-order valence-corrected chi connectivity index (χ2v) is 11.2. The van der Waals surface area contributed by atoms with E-state index in [9.17, 15) is 9.90 Å². The summed E-state index contributed by atoms with van der Waals surface area (Å²) in [5, 5.41) is 9.49. The number of hydrogen-bond donors (Lipinski definition) is 1. The van der Waals surface area contributed by atoms with E-state index in [1.165, 1.54) is 122 Å². The van der Waals surface area contributed by atoms with E-state index in [4.69, 9.17) is 9.47 Å². The van der Waals surface area contributed by atoms with Crippen LogP contribution < -0.4 is 0 Å². The van der Waals surface area contributed by atoms with Gasteiger partial charge in [-0.1, -0.05) is 141 Å². The number of esters is 1. The molecule has 0 spiro atoms. The molecule has 0 saturated heterocycles. The highest BCUT2D eigenvalue weighted by Gasteiger charge is 2.13. The van der Waals surface area contributed by atoms with Crippen molar-refractivity contribution in [3.05, 3.63) is 24.3 Å². The van der Waals surface area contributed by atoms with Crippen LogP contribution in [0.25, 0.3) is 0 Å². The molecule has 0 aliphatic rings. The molecule has 1 unspecified atom stereocenters. The molecule has 0 saturated carbocycles. The summed E-state index contributed by atoms with van der Waals surface area (Å²) in [7, 11) is 0. The molecule has 0 bridgehead atoms. The fourth-order valence-corrected chi connectivity index (χ4v) is 4.71. The maximum Gasteiger partial charge on any atom is 0.306 e. The lowest BCUT2D eigenvalue weighted by molar-refractivity contribution is -0.154. The van der Waals surface area contributed by atoms with E-state index in [0.29, 0.717) is 19.6 Å². The first kappa shape index (κ1) is 37.9. The van der Waals surface area contributed by atoms with Crippen LogP contribution in [0.4, 0.5) is 0 Å². The molecule has 4 heteroatoms. The molecule has 0 aromatic rings. The van der Waals surface area contributed by atoms with Crippen LogP contribution in [0.15, 0.2) is 24.3 Å². The highest BCUT2D eigenvalue weighted by molar-refractivity contribution is 5.69. The van der Waals surface area contributed by atoms with Gasteiger partial charge < -0.3 is 14.6 Å². The molecule has 0 heterocycles. The van der Waals surface area contributed by atoms with E-state index in [1.807, 2.05) is 0 Å². The zero-order valence-electron chi connectivity index (χ0n) is 26.2. The van der Waals surface area contributed by atoms with Crippen molar-refractivity contribution in [2.75, 3.05) is 19.8 Å². The van der Waals surface area contributed by atoms with E-state index < -0.39 is 6.10 Å². The average Bonchev–Trinajstić information content (AvgIpc) is 2.94. The molecule has 4 nitrogen and oxygen atoms in total. The minimum absolute atomic E-state index is 0.171. The number of unbranched alkanes of at least 4 members (excludes halogenated alkanes) is 19. The Hall–Kier alpha value is -1.13. The van der Waals surface area contributed by atoms with Gasteiger partial charge in [0.1, 0.15) is 6.10 Å². The molecular formula is C35H66O4. The van der Waals surface area contributed by atoms with E-state index in [2.05, 4.69) is 38.2 Å².